The average molecular weight is 300 g/mol. The molecule has 0 spiro atoms. The number of nitrogens with zero attached hydrogens (tertiary/aromatic N) is 1. The van der Waals surface area contributed by atoms with Gasteiger partial charge in [-0.15, -0.1) is 0 Å². The van der Waals surface area contributed by atoms with Gasteiger partial charge in [-0.2, -0.15) is 0 Å². The number of carboxylic acids is 1. The summed E-state index contributed by atoms with van der Waals surface area (Å²) in [6.45, 7) is 2.96. The number of hydrogen-bond acceptors (Lipinski definition) is 4. The number of carbonyl (C=O) groups is 3. The van der Waals surface area contributed by atoms with Gasteiger partial charge in [0.2, 0.25) is 5.91 Å². The predicted molar refractivity (Wildman–Crippen MR) is 78.0 cm³/mol. The van der Waals surface area contributed by atoms with Gasteiger partial charge in [0.25, 0.3) is 0 Å². The largest absolute Gasteiger partial charge is 0.481 e. The van der Waals surface area contributed by atoms with Crippen molar-refractivity contribution in [3.63, 3.8) is 0 Å². The summed E-state index contributed by atoms with van der Waals surface area (Å²) in [5.74, 6) is -2.12. The highest BCUT2D eigenvalue weighted by molar-refractivity contribution is 6.15. The number of Topliss-reactive ketones (excluding diaryl/α,β-unsaturated/α-hetero) is 1. The number of rotatable bonds is 4. The van der Waals surface area contributed by atoms with Crippen molar-refractivity contribution in [1.82, 2.24) is 10.2 Å². The van der Waals surface area contributed by atoms with Crippen molar-refractivity contribution in [2.75, 3.05) is 13.1 Å². The SMILES string of the molecule is Cc1ccc(C(=O)C2=C3NCCN3C(=O)C2CC(=O)O)cc1. The van der Waals surface area contributed by atoms with Crippen molar-refractivity contribution in [3.8, 4) is 0 Å². The number of amides is 1. The van der Waals surface area contributed by atoms with Crippen molar-refractivity contribution in [2.24, 2.45) is 5.92 Å². The number of carboxylic acid groups (broad SMARTS) is 1. The van der Waals surface area contributed by atoms with Crippen molar-refractivity contribution in [1.29, 1.82) is 0 Å². The van der Waals surface area contributed by atoms with Crippen LogP contribution in [0.25, 0.3) is 0 Å². The van der Waals surface area contributed by atoms with Crippen molar-refractivity contribution < 1.29 is 19.5 Å². The molecule has 0 bridgehead atoms. The number of ketones is 1. The van der Waals surface area contributed by atoms with E-state index in [0.717, 1.165) is 5.56 Å². The van der Waals surface area contributed by atoms with Crippen LogP contribution in [0.15, 0.2) is 35.7 Å². The Bertz CT molecular complexity index is 691. The van der Waals surface area contributed by atoms with Crippen LogP contribution in [-0.2, 0) is 9.59 Å². The van der Waals surface area contributed by atoms with E-state index in [-0.39, 0.29) is 23.7 Å². The molecule has 1 unspecified atom stereocenters. The summed E-state index contributed by atoms with van der Waals surface area (Å²) in [6.07, 6.45) is -0.368. The Balaban J connectivity index is 2.02. The smallest absolute Gasteiger partial charge is 0.304 e. The molecule has 0 radical (unpaired) electrons. The van der Waals surface area contributed by atoms with Gasteiger partial charge in [0.15, 0.2) is 5.78 Å². The van der Waals surface area contributed by atoms with Crippen LogP contribution in [-0.4, -0.2) is 40.8 Å². The molecule has 0 aliphatic carbocycles. The van der Waals surface area contributed by atoms with E-state index in [1.807, 2.05) is 19.1 Å². The Morgan fingerprint density at radius 2 is 2.00 bits per heavy atom. The summed E-state index contributed by atoms with van der Waals surface area (Å²) in [4.78, 5) is 37.6. The first kappa shape index (κ1) is 14.3. The van der Waals surface area contributed by atoms with E-state index in [1.165, 1.54) is 4.90 Å². The summed E-state index contributed by atoms with van der Waals surface area (Å²) in [6, 6.07) is 7.04. The third-order valence-corrected chi connectivity index (χ3v) is 4.00. The van der Waals surface area contributed by atoms with E-state index < -0.39 is 11.9 Å². The minimum atomic E-state index is -1.09. The second kappa shape index (κ2) is 5.29. The van der Waals surface area contributed by atoms with E-state index >= 15 is 0 Å². The zero-order valence-electron chi connectivity index (χ0n) is 12.1. The molecule has 0 aromatic heterocycles. The van der Waals surface area contributed by atoms with Gasteiger partial charge >= 0.3 is 5.97 Å². The summed E-state index contributed by atoms with van der Waals surface area (Å²) in [7, 11) is 0. The van der Waals surface area contributed by atoms with Crippen molar-refractivity contribution in [3.05, 3.63) is 46.8 Å². The number of hydrogen-bond donors (Lipinski definition) is 2. The highest BCUT2D eigenvalue weighted by Gasteiger charge is 2.45. The third kappa shape index (κ3) is 2.26. The summed E-state index contributed by atoms with van der Waals surface area (Å²) in [5, 5.41) is 12.1. The Labute approximate surface area is 127 Å². The van der Waals surface area contributed by atoms with E-state index in [4.69, 9.17) is 5.11 Å². The molecule has 2 aliphatic heterocycles. The number of fused-ring (bicyclic) bond motifs is 1. The molecule has 3 rings (SSSR count). The Morgan fingerprint density at radius 3 is 2.64 bits per heavy atom. The monoisotopic (exact) mass is 300 g/mol. The molecule has 1 aromatic rings. The van der Waals surface area contributed by atoms with E-state index in [1.54, 1.807) is 12.1 Å². The molecule has 2 N–H and O–H groups in total. The number of nitrogens with one attached hydrogen (secondary N) is 1. The van der Waals surface area contributed by atoms with E-state index in [0.29, 0.717) is 24.5 Å². The maximum Gasteiger partial charge on any atom is 0.304 e. The first-order chi connectivity index (χ1) is 10.5. The van der Waals surface area contributed by atoms with Gasteiger partial charge in [-0.25, -0.2) is 0 Å². The van der Waals surface area contributed by atoms with Crippen LogP contribution in [0.3, 0.4) is 0 Å². The van der Waals surface area contributed by atoms with Gasteiger partial charge in [-0.1, -0.05) is 29.8 Å². The molecule has 0 saturated carbocycles. The molecule has 1 fully saturated rings. The summed E-state index contributed by atoms with van der Waals surface area (Å²) in [5.41, 5.74) is 1.76. The Morgan fingerprint density at radius 1 is 1.32 bits per heavy atom. The van der Waals surface area contributed by atoms with Gasteiger partial charge in [-0.3, -0.25) is 19.3 Å². The molecule has 1 aromatic carbocycles. The molecular weight excluding hydrogens is 284 g/mol. The fourth-order valence-corrected chi connectivity index (χ4v) is 2.92. The lowest BCUT2D eigenvalue weighted by Crippen LogP contribution is -2.29. The second-order valence-electron chi connectivity index (χ2n) is 5.52. The molecule has 2 aliphatic rings. The Hall–Kier alpha value is -2.63. The molecule has 2 heterocycles. The zero-order chi connectivity index (χ0) is 15.9. The van der Waals surface area contributed by atoms with Crippen LogP contribution in [0.5, 0.6) is 0 Å². The van der Waals surface area contributed by atoms with Gasteiger partial charge in [0, 0.05) is 18.7 Å². The van der Waals surface area contributed by atoms with Crippen LogP contribution in [0, 0.1) is 12.8 Å². The van der Waals surface area contributed by atoms with Gasteiger partial charge in [0.1, 0.15) is 5.82 Å². The van der Waals surface area contributed by atoms with Gasteiger partial charge in [0.05, 0.1) is 17.9 Å². The van der Waals surface area contributed by atoms with E-state index in [9.17, 15) is 14.4 Å². The minimum Gasteiger partial charge on any atom is -0.481 e. The lowest BCUT2D eigenvalue weighted by Gasteiger charge is -2.12. The molecule has 6 heteroatoms. The first-order valence-electron chi connectivity index (χ1n) is 7.11. The van der Waals surface area contributed by atoms with Crippen molar-refractivity contribution >= 4 is 17.7 Å². The lowest BCUT2D eigenvalue weighted by atomic mass is 9.90. The molecule has 1 saturated heterocycles. The van der Waals surface area contributed by atoms with Crippen LogP contribution >= 0.6 is 0 Å². The van der Waals surface area contributed by atoms with Gasteiger partial charge in [-0.05, 0) is 6.92 Å². The zero-order valence-corrected chi connectivity index (χ0v) is 12.1. The van der Waals surface area contributed by atoms with Crippen LogP contribution in [0.4, 0.5) is 0 Å². The number of aliphatic carboxylic acids is 1. The van der Waals surface area contributed by atoms with Crippen LogP contribution in [0.1, 0.15) is 22.3 Å². The molecule has 114 valence electrons. The molecule has 1 amide bonds. The fraction of sp³-hybridized carbons (Fsp3) is 0.312. The minimum absolute atomic E-state index is 0.272. The number of benzene rings is 1. The van der Waals surface area contributed by atoms with E-state index in [2.05, 4.69) is 5.32 Å². The average Bonchev–Trinajstić information content (AvgIpc) is 3.03. The highest BCUT2D eigenvalue weighted by atomic mass is 16.4. The molecule has 6 nitrogen and oxygen atoms in total. The first-order valence-corrected chi connectivity index (χ1v) is 7.11. The van der Waals surface area contributed by atoms with Crippen molar-refractivity contribution in [2.45, 2.75) is 13.3 Å². The quantitative estimate of drug-likeness (QED) is 0.808. The maximum absolute atomic E-state index is 12.8. The number of aryl methyl sites for hydroxylation is 1. The normalized spacial score (nSPS) is 20.1. The second-order valence-corrected chi connectivity index (χ2v) is 5.52. The molecule has 1 atom stereocenters. The third-order valence-electron chi connectivity index (χ3n) is 4.00. The Kier molecular flexibility index (Phi) is 3.44. The topological polar surface area (TPSA) is 86.7 Å². The van der Waals surface area contributed by atoms with Gasteiger partial charge < -0.3 is 10.4 Å². The number of carbonyl (C=O) groups excluding carboxylic acids is 2. The predicted octanol–water partition coefficient (Wildman–Crippen LogP) is 0.926. The molecular formula is C16H16N2O4. The molecule has 22 heavy (non-hydrogen) atoms. The summed E-state index contributed by atoms with van der Waals surface area (Å²) < 4.78 is 0. The standard InChI is InChI=1S/C16H16N2O4/c1-9-2-4-10(5-3-9)14(21)13-11(8-12(19)20)16(22)18-7-6-17-15(13)18/h2-5,11,17H,6-8H2,1H3,(H,19,20). The van der Waals surface area contributed by atoms with Crippen LogP contribution in [0.2, 0.25) is 0 Å². The highest BCUT2D eigenvalue weighted by Crippen LogP contribution is 2.34. The maximum atomic E-state index is 12.8. The fourth-order valence-electron chi connectivity index (χ4n) is 2.92. The lowest BCUT2D eigenvalue weighted by molar-refractivity contribution is -0.141. The van der Waals surface area contributed by atoms with Crippen LogP contribution < -0.4 is 5.32 Å². The summed E-state index contributed by atoms with van der Waals surface area (Å²) >= 11 is 0.